The van der Waals surface area contributed by atoms with Crippen molar-refractivity contribution in [3.05, 3.63) is 23.2 Å². The quantitative estimate of drug-likeness (QED) is 0.656. The molecule has 0 fully saturated rings. The van der Waals surface area contributed by atoms with Gasteiger partial charge in [-0.25, -0.2) is 9.97 Å². The predicted molar refractivity (Wildman–Crippen MR) is 41.3 cm³/mol. The van der Waals surface area contributed by atoms with E-state index in [1.165, 1.54) is 0 Å². The molecule has 0 N–H and O–H groups in total. The van der Waals surface area contributed by atoms with Gasteiger partial charge >= 0.3 is 0 Å². The Balaban J connectivity index is 2.52. The minimum atomic E-state index is -0.303. The third kappa shape index (κ3) is 2.80. The Labute approximate surface area is 69.4 Å². The van der Waals surface area contributed by atoms with Gasteiger partial charge in [0, 0.05) is 12.4 Å². The topological polar surface area (TPSA) is 25.8 Å². The zero-order chi connectivity index (χ0) is 8.10. The largest absolute Gasteiger partial charge is 0.251 e. The van der Waals surface area contributed by atoms with Gasteiger partial charge in [-0.05, 0) is 30.0 Å². The van der Waals surface area contributed by atoms with E-state index in [0.29, 0.717) is 12.8 Å². The number of alkyl halides is 1. The van der Waals surface area contributed by atoms with Crippen LogP contribution in [0.4, 0.5) is 4.39 Å². The van der Waals surface area contributed by atoms with E-state index in [9.17, 15) is 4.39 Å². The van der Waals surface area contributed by atoms with Crippen molar-refractivity contribution in [3.8, 4) is 0 Å². The number of hydrogen-bond acceptors (Lipinski definition) is 2. The van der Waals surface area contributed by atoms with Gasteiger partial charge in [0.15, 0.2) is 0 Å². The van der Waals surface area contributed by atoms with Crippen molar-refractivity contribution in [3.63, 3.8) is 0 Å². The number of aromatic nitrogens is 2. The highest BCUT2D eigenvalue weighted by molar-refractivity contribution is 6.28. The van der Waals surface area contributed by atoms with E-state index in [1.54, 1.807) is 12.4 Å². The molecule has 0 atom stereocenters. The fourth-order valence-electron chi connectivity index (χ4n) is 0.739. The van der Waals surface area contributed by atoms with Crippen LogP contribution in [0.2, 0.25) is 5.28 Å². The molecule has 0 bridgehead atoms. The lowest BCUT2D eigenvalue weighted by Gasteiger charge is -1.95. The summed E-state index contributed by atoms with van der Waals surface area (Å²) in [5, 5.41) is 0.231. The Morgan fingerprint density at radius 3 is 2.55 bits per heavy atom. The molecule has 1 heterocycles. The fourth-order valence-corrected chi connectivity index (χ4v) is 0.837. The third-order valence-electron chi connectivity index (χ3n) is 1.27. The number of aryl methyl sites for hydroxylation is 1. The fraction of sp³-hybridized carbons (Fsp3) is 0.429. The summed E-state index contributed by atoms with van der Waals surface area (Å²) in [4.78, 5) is 7.53. The average molecular weight is 175 g/mol. The lowest BCUT2D eigenvalue weighted by molar-refractivity contribution is 0.472. The Bertz CT molecular complexity index is 212. The van der Waals surface area contributed by atoms with E-state index < -0.39 is 0 Å². The monoisotopic (exact) mass is 174 g/mol. The van der Waals surface area contributed by atoms with Crippen LogP contribution in [-0.2, 0) is 6.42 Å². The molecule has 0 amide bonds. The van der Waals surface area contributed by atoms with Crippen LogP contribution in [0.3, 0.4) is 0 Å². The van der Waals surface area contributed by atoms with Crippen molar-refractivity contribution in [1.82, 2.24) is 9.97 Å². The van der Waals surface area contributed by atoms with Gasteiger partial charge < -0.3 is 0 Å². The molecule has 0 aliphatic carbocycles. The van der Waals surface area contributed by atoms with Gasteiger partial charge in [-0.15, -0.1) is 0 Å². The Morgan fingerprint density at radius 2 is 2.00 bits per heavy atom. The normalized spacial score (nSPS) is 10.0. The van der Waals surface area contributed by atoms with Gasteiger partial charge in [0.25, 0.3) is 0 Å². The summed E-state index contributed by atoms with van der Waals surface area (Å²) in [5.74, 6) is 0. The maximum Gasteiger partial charge on any atom is 0.222 e. The molecule has 2 nitrogen and oxygen atoms in total. The van der Waals surface area contributed by atoms with Gasteiger partial charge in [-0.1, -0.05) is 0 Å². The third-order valence-corrected chi connectivity index (χ3v) is 1.47. The molecule has 0 spiro atoms. The smallest absolute Gasteiger partial charge is 0.222 e. The first kappa shape index (κ1) is 8.40. The maximum atomic E-state index is 11.7. The van der Waals surface area contributed by atoms with E-state index in [2.05, 4.69) is 9.97 Å². The van der Waals surface area contributed by atoms with Crippen LogP contribution >= 0.6 is 11.6 Å². The maximum absolute atomic E-state index is 11.7. The average Bonchev–Trinajstić information content (AvgIpc) is 2.04. The molecule has 60 valence electrons. The lowest BCUT2D eigenvalue weighted by Crippen LogP contribution is -1.90. The standard InChI is InChI=1S/C7H8ClFN2/c8-7-10-4-6(5-11-7)2-1-3-9/h4-5H,1-3H2. The van der Waals surface area contributed by atoms with Crippen molar-refractivity contribution >= 4 is 11.6 Å². The molecular formula is C7H8ClFN2. The van der Waals surface area contributed by atoms with Gasteiger partial charge in [0.2, 0.25) is 5.28 Å². The first-order chi connectivity index (χ1) is 5.33. The van der Waals surface area contributed by atoms with Crippen molar-refractivity contribution in [1.29, 1.82) is 0 Å². The number of halogens is 2. The number of nitrogens with zero attached hydrogens (tertiary/aromatic N) is 2. The van der Waals surface area contributed by atoms with E-state index in [4.69, 9.17) is 11.6 Å². The van der Waals surface area contributed by atoms with E-state index in [-0.39, 0.29) is 12.0 Å². The minimum Gasteiger partial charge on any atom is -0.251 e. The Morgan fingerprint density at radius 1 is 1.36 bits per heavy atom. The van der Waals surface area contributed by atoms with Gasteiger partial charge in [-0.3, -0.25) is 4.39 Å². The molecule has 0 aliphatic heterocycles. The molecule has 0 aliphatic rings. The second kappa shape index (κ2) is 4.23. The highest BCUT2D eigenvalue weighted by Crippen LogP contribution is 2.03. The van der Waals surface area contributed by atoms with Crippen molar-refractivity contribution in [2.75, 3.05) is 6.67 Å². The number of hydrogen-bond donors (Lipinski definition) is 0. The zero-order valence-corrected chi connectivity index (χ0v) is 6.68. The molecular weight excluding hydrogens is 167 g/mol. The summed E-state index contributed by atoms with van der Waals surface area (Å²) in [6.45, 7) is -0.303. The van der Waals surface area contributed by atoms with Gasteiger partial charge in [0.1, 0.15) is 0 Å². The molecule has 0 saturated carbocycles. The van der Waals surface area contributed by atoms with Crippen molar-refractivity contribution in [2.24, 2.45) is 0 Å². The zero-order valence-electron chi connectivity index (χ0n) is 5.93. The molecule has 1 rings (SSSR count). The van der Waals surface area contributed by atoms with Gasteiger partial charge in [0.05, 0.1) is 6.67 Å². The van der Waals surface area contributed by atoms with Crippen LogP contribution in [0.25, 0.3) is 0 Å². The van der Waals surface area contributed by atoms with Crippen LogP contribution in [0.15, 0.2) is 12.4 Å². The van der Waals surface area contributed by atoms with Crippen LogP contribution in [0, 0.1) is 0 Å². The van der Waals surface area contributed by atoms with E-state index in [0.717, 1.165) is 5.56 Å². The summed E-state index contributed by atoms with van der Waals surface area (Å²) in [7, 11) is 0. The first-order valence-corrected chi connectivity index (χ1v) is 3.73. The van der Waals surface area contributed by atoms with Crippen molar-refractivity contribution < 1.29 is 4.39 Å². The SMILES string of the molecule is FCCCc1cnc(Cl)nc1. The minimum absolute atomic E-state index is 0.231. The van der Waals surface area contributed by atoms with Gasteiger partial charge in [-0.2, -0.15) is 0 Å². The predicted octanol–water partition coefficient (Wildman–Crippen LogP) is 2.03. The molecule has 0 radical (unpaired) electrons. The molecule has 0 saturated heterocycles. The summed E-state index contributed by atoms with van der Waals surface area (Å²) < 4.78 is 11.7. The highest BCUT2D eigenvalue weighted by Gasteiger charge is 1.94. The molecule has 0 unspecified atom stereocenters. The number of rotatable bonds is 3. The van der Waals surface area contributed by atoms with Crippen LogP contribution in [-0.4, -0.2) is 16.6 Å². The summed E-state index contributed by atoms with van der Waals surface area (Å²) in [5.41, 5.74) is 0.923. The van der Waals surface area contributed by atoms with Crippen LogP contribution in [0.5, 0.6) is 0 Å². The Kier molecular flexibility index (Phi) is 3.23. The van der Waals surface area contributed by atoms with Crippen LogP contribution in [0.1, 0.15) is 12.0 Å². The second-order valence-electron chi connectivity index (χ2n) is 2.15. The van der Waals surface area contributed by atoms with Crippen LogP contribution < -0.4 is 0 Å². The second-order valence-corrected chi connectivity index (χ2v) is 2.49. The highest BCUT2D eigenvalue weighted by atomic mass is 35.5. The summed E-state index contributed by atoms with van der Waals surface area (Å²) >= 11 is 5.45. The van der Waals surface area contributed by atoms with E-state index in [1.807, 2.05) is 0 Å². The lowest BCUT2D eigenvalue weighted by atomic mass is 10.2. The summed E-state index contributed by atoms with van der Waals surface area (Å²) in [6.07, 6.45) is 4.43. The molecule has 1 aromatic rings. The Hall–Kier alpha value is -0.700. The van der Waals surface area contributed by atoms with E-state index >= 15 is 0 Å². The van der Waals surface area contributed by atoms with Crippen molar-refractivity contribution in [2.45, 2.75) is 12.8 Å². The molecule has 4 heteroatoms. The summed E-state index contributed by atoms with van der Waals surface area (Å²) in [6, 6.07) is 0. The molecule has 1 aromatic heterocycles. The first-order valence-electron chi connectivity index (χ1n) is 3.35. The molecule has 0 aromatic carbocycles. The molecule has 11 heavy (non-hydrogen) atoms.